The van der Waals surface area contributed by atoms with Gasteiger partial charge in [-0.2, -0.15) is 0 Å². The molecule has 5 fully saturated rings. The fourth-order valence-electron chi connectivity index (χ4n) is 8.89. The van der Waals surface area contributed by atoms with Crippen LogP contribution in [0.4, 0.5) is 0 Å². The van der Waals surface area contributed by atoms with Crippen LogP contribution in [0.1, 0.15) is 91.4 Å². The van der Waals surface area contributed by atoms with Crippen LogP contribution < -0.4 is 0 Å². The Morgan fingerprint density at radius 3 is 2.47 bits per heavy atom. The van der Waals surface area contributed by atoms with Gasteiger partial charge in [-0.25, -0.2) is 0 Å². The molecule has 168 valence electrons. The first kappa shape index (κ1) is 21.0. The minimum atomic E-state index is -0.126. The Morgan fingerprint density at radius 2 is 1.73 bits per heavy atom. The molecule has 0 radical (unpaired) electrons. The summed E-state index contributed by atoms with van der Waals surface area (Å²) in [6.07, 6.45) is 13.2. The van der Waals surface area contributed by atoms with E-state index in [0.717, 1.165) is 44.7 Å². The van der Waals surface area contributed by atoms with Crippen molar-refractivity contribution in [1.29, 1.82) is 0 Å². The van der Waals surface area contributed by atoms with Crippen molar-refractivity contribution in [1.82, 2.24) is 4.90 Å². The number of carbonyl (C=O) groups is 2. The van der Waals surface area contributed by atoms with Crippen LogP contribution in [0, 0.1) is 34.5 Å². The molecule has 4 nitrogen and oxygen atoms in total. The zero-order valence-corrected chi connectivity index (χ0v) is 19.3. The lowest BCUT2D eigenvalue weighted by Gasteiger charge is -2.60. The predicted octanol–water partition coefficient (Wildman–Crippen LogP) is 4.99. The Labute approximate surface area is 182 Å². The maximum atomic E-state index is 13.7. The number of nitrogens with zero attached hydrogens (tertiary/aromatic N) is 1. The van der Waals surface area contributed by atoms with E-state index in [2.05, 4.69) is 18.7 Å². The molecule has 4 heteroatoms. The fraction of sp³-hybridized carbons (Fsp3) is 0.923. The normalized spacial score (nSPS) is 49.1. The molecule has 0 aromatic heterocycles. The first-order valence-corrected chi connectivity index (χ1v) is 12.8. The summed E-state index contributed by atoms with van der Waals surface area (Å²) in [6, 6.07) is 0.198. The van der Waals surface area contributed by atoms with Gasteiger partial charge in [0.15, 0.2) is 5.78 Å². The van der Waals surface area contributed by atoms with Crippen LogP contribution >= 0.6 is 0 Å². The van der Waals surface area contributed by atoms with Crippen molar-refractivity contribution in [2.24, 2.45) is 34.5 Å². The highest BCUT2D eigenvalue weighted by Gasteiger charge is 2.63. The van der Waals surface area contributed by atoms with Crippen molar-refractivity contribution in [3.05, 3.63) is 0 Å². The summed E-state index contributed by atoms with van der Waals surface area (Å²) in [6.45, 7) is 8.67. The molecule has 0 N–H and O–H groups in total. The molecular formula is C26H41NO3. The summed E-state index contributed by atoms with van der Waals surface area (Å²) in [5.74, 6) is 3.18. The highest BCUT2D eigenvalue weighted by molar-refractivity contribution is 5.92. The molecule has 0 aromatic carbocycles. The Kier molecular flexibility index (Phi) is 5.31. The molecular weight excluding hydrogens is 374 g/mol. The number of ether oxygens (including phenoxy) is 1. The van der Waals surface area contributed by atoms with Crippen LogP contribution in [0.25, 0.3) is 0 Å². The molecule has 4 aliphatic carbocycles. The zero-order chi connectivity index (χ0) is 21.1. The summed E-state index contributed by atoms with van der Waals surface area (Å²) in [4.78, 5) is 27.7. The van der Waals surface area contributed by atoms with Crippen LogP contribution in [0.5, 0.6) is 0 Å². The third kappa shape index (κ3) is 3.19. The standard InChI is InChI=1S/C26H41NO3/c1-17(28)30-19-9-11-25(2)18(15-19)7-8-20-21(25)10-12-26(3)22(20)16-23(24(26)29)27-13-5-4-6-14-27/h18-23H,4-16H2,1-3H3/t18-,19+,20+,21-,22+,23-,25-,26-/m0/s1. The van der Waals surface area contributed by atoms with E-state index in [1.165, 1.54) is 44.9 Å². The van der Waals surface area contributed by atoms with Crippen LogP contribution in [-0.4, -0.2) is 41.9 Å². The largest absolute Gasteiger partial charge is 0.463 e. The zero-order valence-electron chi connectivity index (χ0n) is 19.3. The lowest BCUT2D eigenvalue weighted by atomic mass is 9.45. The molecule has 0 amide bonds. The van der Waals surface area contributed by atoms with Gasteiger partial charge in [0.2, 0.25) is 0 Å². The van der Waals surface area contributed by atoms with E-state index in [4.69, 9.17) is 4.74 Å². The molecule has 30 heavy (non-hydrogen) atoms. The molecule has 1 heterocycles. The average Bonchev–Trinajstić information content (AvgIpc) is 3.00. The molecule has 0 spiro atoms. The monoisotopic (exact) mass is 415 g/mol. The second-order valence-corrected chi connectivity index (χ2v) is 11.8. The van der Waals surface area contributed by atoms with Gasteiger partial charge < -0.3 is 4.74 Å². The van der Waals surface area contributed by atoms with Crippen LogP contribution in [0.3, 0.4) is 0 Å². The Hall–Kier alpha value is -0.900. The molecule has 5 aliphatic rings. The number of esters is 1. The summed E-state index contributed by atoms with van der Waals surface area (Å²) < 4.78 is 5.61. The summed E-state index contributed by atoms with van der Waals surface area (Å²) >= 11 is 0. The van der Waals surface area contributed by atoms with Gasteiger partial charge >= 0.3 is 5.97 Å². The number of ketones is 1. The maximum Gasteiger partial charge on any atom is 0.302 e. The third-order valence-electron chi connectivity index (χ3n) is 10.5. The lowest BCUT2D eigenvalue weighted by molar-refractivity contribution is -0.160. The van der Waals surface area contributed by atoms with E-state index in [1.54, 1.807) is 6.92 Å². The number of piperidine rings is 1. The minimum absolute atomic E-state index is 0.0819. The smallest absolute Gasteiger partial charge is 0.302 e. The number of hydrogen-bond donors (Lipinski definition) is 0. The molecule has 0 bridgehead atoms. The summed E-state index contributed by atoms with van der Waals surface area (Å²) in [7, 11) is 0. The number of rotatable bonds is 2. The first-order valence-electron chi connectivity index (χ1n) is 12.8. The first-order chi connectivity index (χ1) is 14.3. The molecule has 8 atom stereocenters. The topological polar surface area (TPSA) is 46.6 Å². The van der Waals surface area contributed by atoms with Gasteiger partial charge in [0.05, 0.1) is 6.04 Å². The Bertz CT molecular complexity index is 700. The van der Waals surface area contributed by atoms with E-state index in [0.29, 0.717) is 29.0 Å². The second-order valence-electron chi connectivity index (χ2n) is 11.8. The highest BCUT2D eigenvalue weighted by Crippen LogP contribution is 2.65. The molecule has 0 aromatic rings. The fourth-order valence-corrected chi connectivity index (χ4v) is 8.89. The number of likely N-dealkylation sites (tertiary alicyclic amines) is 1. The predicted molar refractivity (Wildman–Crippen MR) is 117 cm³/mol. The highest BCUT2D eigenvalue weighted by atomic mass is 16.5. The SMILES string of the molecule is CC(=O)O[C@@H]1CC[C@@]2(C)[C@@H](CC[C@H]3[C@H]4C[C@H](N5CCCCC5)C(=O)[C@@]4(C)CC[C@@H]32)C1. The third-order valence-corrected chi connectivity index (χ3v) is 10.5. The van der Waals surface area contributed by atoms with Crippen molar-refractivity contribution in [2.75, 3.05) is 13.1 Å². The summed E-state index contributed by atoms with van der Waals surface area (Å²) in [5, 5.41) is 0. The van der Waals surface area contributed by atoms with Crippen molar-refractivity contribution >= 4 is 11.8 Å². The van der Waals surface area contributed by atoms with Crippen molar-refractivity contribution in [3.8, 4) is 0 Å². The molecule has 4 saturated carbocycles. The van der Waals surface area contributed by atoms with Gasteiger partial charge in [0.25, 0.3) is 0 Å². The molecule has 1 aliphatic heterocycles. The Morgan fingerprint density at radius 1 is 0.967 bits per heavy atom. The number of Topliss-reactive ketones (excluding diaryl/α,β-unsaturated/α-hetero) is 1. The second kappa shape index (κ2) is 7.60. The number of carbonyl (C=O) groups excluding carboxylic acids is 2. The van der Waals surface area contributed by atoms with Gasteiger partial charge in [-0.15, -0.1) is 0 Å². The van der Waals surface area contributed by atoms with Gasteiger partial charge in [-0.1, -0.05) is 20.3 Å². The molecule has 1 saturated heterocycles. The minimum Gasteiger partial charge on any atom is -0.463 e. The van der Waals surface area contributed by atoms with Crippen LogP contribution in [-0.2, 0) is 14.3 Å². The van der Waals surface area contributed by atoms with Gasteiger partial charge in [-0.3, -0.25) is 14.5 Å². The van der Waals surface area contributed by atoms with Gasteiger partial charge in [0.1, 0.15) is 6.10 Å². The summed E-state index contributed by atoms with van der Waals surface area (Å²) in [5.41, 5.74) is 0.286. The van der Waals surface area contributed by atoms with Crippen molar-refractivity contribution < 1.29 is 14.3 Å². The van der Waals surface area contributed by atoms with Gasteiger partial charge in [0, 0.05) is 12.3 Å². The van der Waals surface area contributed by atoms with E-state index < -0.39 is 0 Å². The van der Waals surface area contributed by atoms with Crippen molar-refractivity contribution in [2.45, 2.75) is 104 Å². The number of fused-ring (bicyclic) bond motifs is 5. The van der Waals surface area contributed by atoms with Crippen LogP contribution in [0.15, 0.2) is 0 Å². The maximum absolute atomic E-state index is 13.7. The average molecular weight is 416 g/mol. The molecule has 0 unspecified atom stereocenters. The van der Waals surface area contributed by atoms with E-state index >= 15 is 0 Å². The van der Waals surface area contributed by atoms with E-state index in [1.807, 2.05) is 0 Å². The number of hydrogen-bond acceptors (Lipinski definition) is 4. The quantitative estimate of drug-likeness (QED) is 0.596. The van der Waals surface area contributed by atoms with E-state index in [-0.39, 0.29) is 23.5 Å². The van der Waals surface area contributed by atoms with Crippen LogP contribution in [0.2, 0.25) is 0 Å². The van der Waals surface area contributed by atoms with E-state index in [9.17, 15) is 9.59 Å². The lowest BCUT2D eigenvalue weighted by Crippen LogP contribution is -2.54. The van der Waals surface area contributed by atoms with Crippen molar-refractivity contribution in [3.63, 3.8) is 0 Å². The van der Waals surface area contributed by atoms with Gasteiger partial charge in [-0.05, 0) is 106 Å². The Balaban J connectivity index is 1.35. The molecule has 5 rings (SSSR count).